The minimum atomic E-state index is -0.654. The summed E-state index contributed by atoms with van der Waals surface area (Å²) in [5, 5.41) is 12.8. The van der Waals surface area contributed by atoms with Crippen LogP contribution in [0.1, 0.15) is 40.2 Å². The fourth-order valence-electron chi connectivity index (χ4n) is 2.78. The summed E-state index contributed by atoms with van der Waals surface area (Å²) in [6, 6.07) is 5.08. The van der Waals surface area contributed by atoms with Gasteiger partial charge in [-0.1, -0.05) is 11.6 Å². The number of anilines is 1. The molecule has 2 rings (SSSR count). The molecule has 0 spiro atoms. The first-order valence-corrected chi connectivity index (χ1v) is 10.7. The van der Waals surface area contributed by atoms with Crippen molar-refractivity contribution in [2.24, 2.45) is 0 Å². The van der Waals surface area contributed by atoms with Crippen LogP contribution in [0.3, 0.4) is 0 Å². The second kappa shape index (κ2) is 10.8. The van der Waals surface area contributed by atoms with Gasteiger partial charge in [0.1, 0.15) is 16.6 Å². The fraction of sp³-hybridized carbons (Fsp3) is 0.318. The number of esters is 1. The number of thiophene rings is 1. The van der Waals surface area contributed by atoms with Gasteiger partial charge >= 0.3 is 5.97 Å². The van der Waals surface area contributed by atoms with E-state index < -0.39 is 11.9 Å². The number of carbonyl (C=O) groups excluding carboxylic acids is 2. The molecule has 0 bridgehead atoms. The number of nitrogens with one attached hydrogen (secondary N) is 1. The van der Waals surface area contributed by atoms with Gasteiger partial charge in [0.2, 0.25) is 0 Å². The van der Waals surface area contributed by atoms with Gasteiger partial charge < -0.3 is 19.5 Å². The average Bonchev–Trinajstić information content (AvgIpc) is 2.99. The summed E-state index contributed by atoms with van der Waals surface area (Å²) in [5.74, 6) is -0.410. The van der Waals surface area contributed by atoms with Gasteiger partial charge in [-0.25, -0.2) is 4.79 Å². The van der Waals surface area contributed by atoms with Crippen molar-refractivity contribution in [1.29, 1.82) is 5.26 Å². The van der Waals surface area contributed by atoms with Gasteiger partial charge in [0.25, 0.3) is 5.91 Å². The number of benzene rings is 1. The van der Waals surface area contributed by atoms with Crippen molar-refractivity contribution in [1.82, 2.24) is 0 Å². The van der Waals surface area contributed by atoms with E-state index in [1.165, 1.54) is 24.5 Å². The van der Waals surface area contributed by atoms with Crippen molar-refractivity contribution >= 4 is 45.9 Å². The molecule has 1 heterocycles. The van der Waals surface area contributed by atoms with Crippen molar-refractivity contribution < 1.29 is 23.8 Å². The Balaban J connectivity index is 2.40. The summed E-state index contributed by atoms with van der Waals surface area (Å²) in [6.07, 6.45) is 1.39. The largest absolute Gasteiger partial charge is 0.491 e. The van der Waals surface area contributed by atoms with Crippen LogP contribution in [0.4, 0.5) is 5.00 Å². The number of nitriles is 1. The van der Waals surface area contributed by atoms with Crippen LogP contribution in [0, 0.1) is 25.2 Å². The van der Waals surface area contributed by atoms with Gasteiger partial charge in [0.05, 0.1) is 30.9 Å². The SMILES string of the molecule is CCOC(=O)c1c(NC(=O)/C(C#N)=C/c2cc(Cl)c(OC)c(OCC)c2)sc(C)c1C. The molecule has 1 amide bonds. The summed E-state index contributed by atoms with van der Waals surface area (Å²) >= 11 is 7.49. The van der Waals surface area contributed by atoms with Crippen molar-refractivity contribution in [3.8, 4) is 17.6 Å². The number of carbonyl (C=O) groups is 2. The van der Waals surface area contributed by atoms with E-state index in [1.807, 2.05) is 19.9 Å². The van der Waals surface area contributed by atoms with E-state index in [2.05, 4.69) is 5.32 Å². The highest BCUT2D eigenvalue weighted by atomic mass is 35.5. The lowest BCUT2D eigenvalue weighted by Crippen LogP contribution is -2.16. The summed E-state index contributed by atoms with van der Waals surface area (Å²) in [6.45, 7) is 7.74. The molecular weight excluding hydrogens is 440 g/mol. The van der Waals surface area contributed by atoms with Crippen molar-refractivity contribution in [2.45, 2.75) is 27.7 Å². The fourth-order valence-corrected chi connectivity index (χ4v) is 4.12. The molecule has 7 nitrogen and oxygen atoms in total. The third kappa shape index (κ3) is 5.57. The van der Waals surface area contributed by atoms with Crippen LogP contribution in [0.25, 0.3) is 6.08 Å². The van der Waals surface area contributed by atoms with Crippen LogP contribution in [0.5, 0.6) is 11.5 Å². The zero-order valence-corrected chi connectivity index (χ0v) is 19.5. The van der Waals surface area contributed by atoms with E-state index in [4.69, 9.17) is 25.8 Å². The average molecular weight is 463 g/mol. The first-order valence-electron chi connectivity index (χ1n) is 9.47. The molecule has 0 saturated carbocycles. The predicted octanol–water partition coefficient (Wildman–Crippen LogP) is 5.15. The Bertz CT molecular complexity index is 1070. The lowest BCUT2D eigenvalue weighted by atomic mass is 10.1. The molecule has 0 aliphatic rings. The summed E-state index contributed by atoms with van der Waals surface area (Å²) < 4.78 is 15.9. The van der Waals surface area contributed by atoms with Gasteiger partial charge in [-0.3, -0.25) is 4.79 Å². The predicted molar refractivity (Wildman–Crippen MR) is 121 cm³/mol. The van der Waals surface area contributed by atoms with Gasteiger partial charge in [-0.2, -0.15) is 5.26 Å². The highest BCUT2D eigenvalue weighted by molar-refractivity contribution is 7.16. The minimum absolute atomic E-state index is 0.165. The maximum absolute atomic E-state index is 12.8. The zero-order valence-electron chi connectivity index (χ0n) is 17.9. The molecule has 1 aromatic heterocycles. The van der Waals surface area contributed by atoms with Crippen LogP contribution < -0.4 is 14.8 Å². The maximum atomic E-state index is 12.8. The van der Waals surface area contributed by atoms with E-state index in [1.54, 1.807) is 26.0 Å². The molecule has 1 N–H and O–H groups in total. The molecule has 0 atom stereocenters. The van der Waals surface area contributed by atoms with Crippen molar-refractivity contribution in [2.75, 3.05) is 25.6 Å². The Morgan fingerprint density at radius 2 is 1.97 bits per heavy atom. The first kappa shape index (κ1) is 24.3. The number of aryl methyl sites for hydroxylation is 1. The number of nitrogens with zero attached hydrogens (tertiary/aromatic N) is 1. The van der Waals surface area contributed by atoms with Gasteiger partial charge in [-0.15, -0.1) is 11.3 Å². The first-order chi connectivity index (χ1) is 14.8. The standard InChI is InChI=1S/C22H23ClN2O5S/c1-6-29-17-10-14(9-16(23)19(17)28-5)8-15(11-24)20(26)25-21-18(22(27)30-7-2)12(3)13(4)31-21/h8-10H,6-7H2,1-5H3,(H,25,26)/b15-8+. The number of methoxy groups -OCH3 is 1. The molecule has 164 valence electrons. The number of amides is 1. The van der Waals surface area contributed by atoms with E-state index in [0.29, 0.717) is 34.2 Å². The molecule has 0 saturated heterocycles. The second-order valence-corrected chi connectivity index (χ2v) is 7.93. The zero-order chi connectivity index (χ0) is 23.1. The third-order valence-electron chi connectivity index (χ3n) is 4.30. The molecule has 31 heavy (non-hydrogen) atoms. The van der Waals surface area contributed by atoms with Crippen molar-refractivity contribution in [3.63, 3.8) is 0 Å². The normalized spacial score (nSPS) is 10.9. The van der Waals surface area contributed by atoms with Crippen LogP contribution in [-0.2, 0) is 9.53 Å². The van der Waals surface area contributed by atoms with Crippen LogP contribution >= 0.6 is 22.9 Å². The van der Waals surface area contributed by atoms with Crippen molar-refractivity contribution in [3.05, 3.63) is 44.3 Å². The molecule has 0 aliphatic heterocycles. The summed E-state index contributed by atoms with van der Waals surface area (Å²) in [5.41, 5.74) is 1.35. The molecule has 0 radical (unpaired) electrons. The Labute approximate surface area is 190 Å². The Kier molecular flexibility index (Phi) is 8.48. The van der Waals surface area contributed by atoms with Gasteiger partial charge in [0.15, 0.2) is 11.5 Å². The van der Waals surface area contributed by atoms with E-state index >= 15 is 0 Å². The number of ether oxygens (including phenoxy) is 3. The Morgan fingerprint density at radius 1 is 1.26 bits per heavy atom. The van der Waals surface area contributed by atoms with E-state index in [9.17, 15) is 14.9 Å². The second-order valence-electron chi connectivity index (χ2n) is 6.30. The number of rotatable bonds is 8. The Morgan fingerprint density at radius 3 is 2.55 bits per heavy atom. The Hall–Kier alpha value is -3.02. The number of halogens is 1. The summed E-state index contributed by atoms with van der Waals surface area (Å²) in [4.78, 5) is 26.0. The summed E-state index contributed by atoms with van der Waals surface area (Å²) in [7, 11) is 1.47. The molecule has 0 fully saturated rings. The maximum Gasteiger partial charge on any atom is 0.341 e. The smallest absolute Gasteiger partial charge is 0.341 e. The van der Waals surface area contributed by atoms with Crippen LogP contribution in [0.15, 0.2) is 17.7 Å². The lowest BCUT2D eigenvalue weighted by Gasteiger charge is -2.12. The lowest BCUT2D eigenvalue weighted by molar-refractivity contribution is -0.112. The third-order valence-corrected chi connectivity index (χ3v) is 5.71. The number of hydrogen-bond acceptors (Lipinski definition) is 7. The topological polar surface area (TPSA) is 97.7 Å². The van der Waals surface area contributed by atoms with E-state index in [0.717, 1.165) is 10.4 Å². The molecule has 0 aliphatic carbocycles. The van der Waals surface area contributed by atoms with Gasteiger partial charge in [0, 0.05) is 4.88 Å². The van der Waals surface area contributed by atoms with Crippen LogP contribution in [-0.4, -0.2) is 32.2 Å². The van der Waals surface area contributed by atoms with Crippen LogP contribution in [0.2, 0.25) is 5.02 Å². The molecule has 0 unspecified atom stereocenters. The van der Waals surface area contributed by atoms with Gasteiger partial charge in [-0.05, 0) is 57.0 Å². The highest BCUT2D eigenvalue weighted by Crippen LogP contribution is 2.37. The monoisotopic (exact) mass is 462 g/mol. The molecular formula is C22H23ClN2O5S. The minimum Gasteiger partial charge on any atom is -0.491 e. The molecule has 9 heteroatoms. The quantitative estimate of drug-likeness (QED) is 0.331. The highest BCUT2D eigenvalue weighted by Gasteiger charge is 2.23. The molecule has 2 aromatic rings. The van der Waals surface area contributed by atoms with E-state index in [-0.39, 0.29) is 17.2 Å². The molecule has 1 aromatic carbocycles. The number of hydrogen-bond donors (Lipinski definition) is 1.